The van der Waals surface area contributed by atoms with Gasteiger partial charge in [-0.25, -0.2) is 0 Å². The van der Waals surface area contributed by atoms with Gasteiger partial charge in [-0.3, -0.25) is 14.5 Å². The van der Waals surface area contributed by atoms with Crippen LogP contribution in [0.25, 0.3) is 5.76 Å². The zero-order chi connectivity index (χ0) is 23.0. The Labute approximate surface area is 196 Å². The average Bonchev–Trinajstić information content (AvgIpc) is 3.03. The van der Waals surface area contributed by atoms with Crippen molar-refractivity contribution in [2.24, 2.45) is 0 Å². The number of aliphatic hydroxyl groups is 1. The minimum atomic E-state index is -0.823. The van der Waals surface area contributed by atoms with Crippen molar-refractivity contribution in [3.05, 3.63) is 105 Å². The van der Waals surface area contributed by atoms with Crippen molar-refractivity contribution in [3.8, 4) is 0 Å². The van der Waals surface area contributed by atoms with E-state index >= 15 is 0 Å². The molecule has 0 spiro atoms. The maximum absolute atomic E-state index is 13.2. The molecule has 1 unspecified atom stereocenters. The minimum absolute atomic E-state index is 0.0321. The quantitative estimate of drug-likeness (QED) is 0.272. The van der Waals surface area contributed by atoms with Crippen molar-refractivity contribution in [2.75, 3.05) is 4.90 Å². The molecule has 1 saturated heterocycles. The van der Waals surface area contributed by atoms with Crippen LogP contribution in [0.3, 0.4) is 0 Å². The van der Waals surface area contributed by atoms with Crippen LogP contribution in [-0.2, 0) is 16.0 Å². The van der Waals surface area contributed by atoms with Gasteiger partial charge in [0, 0.05) is 21.3 Å². The van der Waals surface area contributed by atoms with E-state index in [1.807, 2.05) is 50.2 Å². The molecule has 4 nitrogen and oxygen atoms in total. The number of hydrogen-bond acceptors (Lipinski definition) is 3. The predicted octanol–water partition coefficient (Wildman–Crippen LogP) is 6.49. The molecular weight excluding hydrogens is 445 g/mol. The molecule has 0 radical (unpaired) electrons. The molecule has 0 bridgehead atoms. The molecule has 0 saturated carbocycles. The molecular formula is C26H21Cl2NO3. The molecule has 6 heteroatoms. The molecule has 1 fully saturated rings. The van der Waals surface area contributed by atoms with E-state index in [1.165, 1.54) is 4.90 Å². The van der Waals surface area contributed by atoms with E-state index in [-0.39, 0.29) is 11.3 Å². The number of anilines is 1. The van der Waals surface area contributed by atoms with E-state index in [4.69, 9.17) is 23.2 Å². The number of aryl methyl sites for hydroxylation is 2. The normalized spacial score (nSPS) is 17.8. The zero-order valence-corrected chi connectivity index (χ0v) is 19.1. The molecule has 1 aliphatic rings. The lowest BCUT2D eigenvalue weighted by molar-refractivity contribution is -0.132. The number of benzene rings is 3. The molecule has 0 aliphatic carbocycles. The first-order valence-corrected chi connectivity index (χ1v) is 11.0. The first kappa shape index (κ1) is 22.1. The van der Waals surface area contributed by atoms with E-state index in [0.717, 1.165) is 23.1 Å². The Hall–Kier alpha value is -3.08. The molecule has 1 heterocycles. The molecule has 1 atom stereocenters. The van der Waals surface area contributed by atoms with Crippen molar-refractivity contribution in [1.82, 2.24) is 0 Å². The van der Waals surface area contributed by atoms with Crippen LogP contribution in [0.1, 0.15) is 35.2 Å². The van der Waals surface area contributed by atoms with Gasteiger partial charge in [-0.1, -0.05) is 78.7 Å². The van der Waals surface area contributed by atoms with E-state index in [9.17, 15) is 14.7 Å². The van der Waals surface area contributed by atoms with Gasteiger partial charge in [-0.15, -0.1) is 0 Å². The Morgan fingerprint density at radius 3 is 2.19 bits per heavy atom. The summed E-state index contributed by atoms with van der Waals surface area (Å²) in [6, 6.07) is 18.7. The second-order valence-electron chi connectivity index (χ2n) is 7.70. The van der Waals surface area contributed by atoms with Crippen molar-refractivity contribution in [2.45, 2.75) is 26.3 Å². The monoisotopic (exact) mass is 465 g/mol. The lowest BCUT2D eigenvalue weighted by Crippen LogP contribution is -2.29. The van der Waals surface area contributed by atoms with Crippen LogP contribution >= 0.6 is 23.2 Å². The SMILES string of the molecule is CCc1ccc(/C(O)=C2\C(=O)C(=O)N(c3cc(Cl)cc(Cl)c3)C2c2ccccc2C)cc1. The summed E-state index contributed by atoms with van der Waals surface area (Å²) in [5, 5.41) is 11.9. The highest BCUT2D eigenvalue weighted by atomic mass is 35.5. The van der Waals surface area contributed by atoms with Gasteiger partial charge < -0.3 is 5.11 Å². The van der Waals surface area contributed by atoms with Crippen LogP contribution < -0.4 is 4.90 Å². The van der Waals surface area contributed by atoms with Gasteiger partial charge in [-0.2, -0.15) is 0 Å². The van der Waals surface area contributed by atoms with E-state index in [1.54, 1.807) is 30.3 Å². The fourth-order valence-corrected chi connectivity index (χ4v) is 4.53. The number of hydrogen-bond donors (Lipinski definition) is 1. The third-order valence-corrected chi connectivity index (χ3v) is 6.13. The number of Topliss-reactive ketones (excluding diaryl/α,β-unsaturated/α-hetero) is 1. The summed E-state index contributed by atoms with van der Waals surface area (Å²) in [6.07, 6.45) is 0.851. The molecule has 3 aromatic rings. The van der Waals surface area contributed by atoms with Gasteiger partial charge in [0.15, 0.2) is 0 Å². The van der Waals surface area contributed by atoms with Gasteiger partial charge in [0.25, 0.3) is 11.7 Å². The molecule has 1 N–H and O–H groups in total. The minimum Gasteiger partial charge on any atom is -0.507 e. The summed E-state index contributed by atoms with van der Waals surface area (Å²) >= 11 is 12.4. The van der Waals surface area contributed by atoms with E-state index in [0.29, 0.717) is 21.3 Å². The van der Waals surface area contributed by atoms with Crippen LogP contribution in [0.5, 0.6) is 0 Å². The summed E-state index contributed by atoms with van der Waals surface area (Å²) in [4.78, 5) is 27.8. The first-order chi connectivity index (χ1) is 15.3. The second-order valence-corrected chi connectivity index (χ2v) is 8.58. The molecule has 162 valence electrons. The van der Waals surface area contributed by atoms with Gasteiger partial charge in [-0.05, 0) is 48.2 Å². The molecule has 1 amide bonds. The number of ketones is 1. The Morgan fingerprint density at radius 1 is 0.969 bits per heavy atom. The van der Waals surface area contributed by atoms with E-state index in [2.05, 4.69) is 0 Å². The fourth-order valence-electron chi connectivity index (χ4n) is 4.02. The average molecular weight is 466 g/mol. The molecule has 4 rings (SSSR count). The standard InChI is InChI=1S/C26H21Cl2NO3/c1-3-16-8-10-17(11-9-16)24(30)22-23(21-7-5-4-6-15(21)2)29(26(32)25(22)31)20-13-18(27)12-19(28)14-20/h4-14,23,30H,3H2,1-2H3/b24-22+. The third kappa shape index (κ3) is 3.92. The highest BCUT2D eigenvalue weighted by Crippen LogP contribution is 2.44. The number of amides is 1. The first-order valence-electron chi connectivity index (χ1n) is 10.2. The van der Waals surface area contributed by atoms with Crippen molar-refractivity contribution in [1.29, 1.82) is 0 Å². The zero-order valence-electron chi connectivity index (χ0n) is 17.6. The Kier molecular flexibility index (Phi) is 6.09. The number of carbonyl (C=O) groups is 2. The molecule has 1 aliphatic heterocycles. The molecule has 32 heavy (non-hydrogen) atoms. The maximum Gasteiger partial charge on any atom is 0.300 e. The molecule has 3 aromatic carbocycles. The highest BCUT2D eigenvalue weighted by Gasteiger charge is 2.47. The highest BCUT2D eigenvalue weighted by molar-refractivity contribution is 6.52. The van der Waals surface area contributed by atoms with Crippen LogP contribution in [-0.4, -0.2) is 16.8 Å². The van der Waals surface area contributed by atoms with E-state index < -0.39 is 17.7 Å². The van der Waals surface area contributed by atoms with Crippen molar-refractivity contribution >= 4 is 46.3 Å². The lowest BCUT2D eigenvalue weighted by Gasteiger charge is -2.27. The summed E-state index contributed by atoms with van der Waals surface area (Å²) in [5.74, 6) is -1.72. The predicted molar refractivity (Wildman–Crippen MR) is 128 cm³/mol. The van der Waals surface area contributed by atoms with Gasteiger partial charge in [0.05, 0.1) is 11.6 Å². The Bertz CT molecular complexity index is 1230. The van der Waals surface area contributed by atoms with Gasteiger partial charge >= 0.3 is 0 Å². The Morgan fingerprint density at radius 2 is 1.59 bits per heavy atom. The third-order valence-electron chi connectivity index (χ3n) is 5.69. The number of carbonyl (C=O) groups excluding carboxylic acids is 2. The summed E-state index contributed by atoms with van der Waals surface area (Å²) in [6.45, 7) is 3.94. The van der Waals surface area contributed by atoms with Gasteiger partial charge in [0.2, 0.25) is 0 Å². The lowest BCUT2D eigenvalue weighted by atomic mass is 9.92. The largest absolute Gasteiger partial charge is 0.507 e. The fraction of sp³-hybridized carbons (Fsp3) is 0.154. The topological polar surface area (TPSA) is 57.6 Å². The van der Waals surface area contributed by atoms with Crippen LogP contribution in [0.2, 0.25) is 10.0 Å². The maximum atomic E-state index is 13.2. The molecule has 0 aromatic heterocycles. The summed E-state index contributed by atoms with van der Waals surface area (Å²) in [7, 11) is 0. The smallest absolute Gasteiger partial charge is 0.300 e. The van der Waals surface area contributed by atoms with Crippen LogP contribution in [0.4, 0.5) is 5.69 Å². The number of halogens is 2. The van der Waals surface area contributed by atoms with Crippen molar-refractivity contribution < 1.29 is 14.7 Å². The number of nitrogens with zero attached hydrogens (tertiary/aromatic N) is 1. The van der Waals surface area contributed by atoms with Crippen LogP contribution in [0, 0.1) is 6.92 Å². The number of aliphatic hydroxyl groups excluding tert-OH is 1. The number of rotatable bonds is 4. The van der Waals surface area contributed by atoms with Gasteiger partial charge in [0.1, 0.15) is 5.76 Å². The van der Waals surface area contributed by atoms with Crippen LogP contribution in [0.15, 0.2) is 72.3 Å². The van der Waals surface area contributed by atoms with Crippen molar-refractivity contribution in [3.63, 3.8) is 0 Å². The Balaban J connectivity index is 1.97. The summed E-state index contributed by atoms with van der Waals surface area (Å²) in [5.41, 5.74) is 3.61. The summed E-state index contributed by atoms with van der Waals surface area (Å²) < 4.78 is 0. The second kappa shape index (κ2) is 8.81.